The molecule has 2 aromatic heterocycles. The SMILES string of the molecule is Cc1cc(N2CCN(c3cccc(Cl)c3)CC2)n2ncnc2n1. The molecule has 1 aromatic carbocycles. The molecular weight excluding hydrogens is 312 g/mol. The third-order valence-electron chi connectivity index (χ3n) is 4.14. The number of rotatable bonds is 2. The molecule has 1 aliphatic heterocycles. The third kappa shape index (κ3) is 2.70. The fourth-order valence-corrected chi connectivity index (χ4v) is 3.19. The Labute approximate surface area is 139 Å². The highest BCUT2D eigenvalue weighted by atomic mass is 35.5. The minimum absolute atomic E-state index is 0.650. The lowest BCUT2D eigenvalue weighted by atomic mass is 10.2. The van der Waals surface area contributed by atoms with Gasteiger partial charge in [0.05, 0.1) is 0 Å². The second-order valence-corrected chi connectivity index (χ2v) is 6.12. The van der Waals surface area contributed by atoms with Gasteiger partial charge >= 0.3 is 0 Å². The molecule has 0 amide bonds. The van der Waals surface area contributed by atoms with E-state index in [1.54, 1.807) is 6.33 Å². The molecule has 6 nitrogen and oxygen atoms in total. The van der Waals surface area contributed by atoms with Crippen LogP contribution in [-0.2, 0) is 0 Å². The van der Waals surface area contributed by atoms with Gasteiger partial charge in [0.2, 0.25) is 0 Å². The largest absolute Gasteiger partial charge is 0.368 e. The zero-order valence-corrected chi connectivity index (χ0v) is 13.6. The van der Waals surface area contributed by atoms with Crippen molar-refractivity contribution >= 4 is 28.9 Å². The Morgan fingerprint density at radius 2 is 1.83 bits per heavy atom. The van der Waals surface area contributed by atoms with Gasteiger partial charge < -0.3 is 9.80 Å². The number of piperazine rings is 1. The van der Waals surface area contributed by atoms with Gasteiger partial charge in [0.1, 0.15) is 12.1 Å². The van der Waals surface area contributed by atoms with Crippen LogP contribution in [0.5, 0.6) is 0 Å². The fraction of sp³-hybridized carbons (Fsp3) is 0.312. The highest BCUT2D eigenvalue weighted by molar-refractivity contribution is 6.30. The molecule has 7 heteroatoms. The van der Waals surface area contributed by atoms with Crippen molar-refractivity contribution in [2.45, 2.75) is 6.92 Å². The number of fused-ring (bicyclic) bond motifs is 1. The van der Waals surface area contributed by atoms with Crippen LogP contribution in [0.25, 0.3) is 5.78 Å². The number of hydrogen-bond donors (Lipinski definition) is 0. The van der Waals surface area contributed by atoms with E-state index in [1.807, 2.05) is 29.6 Å². The lowest BCUT2D eigenvalue weighted by Gasteiger charge is -2.37. The van der Waals surface area contributed by atoms with Gasteiger partial charge in [-0.05, 0) is 25.1 Å². The number of hydrogen-bond acceptors (Lipinski definition) is 5. The van der Waals surface area contributed by atoms with Gasteiger partial charge in [-0.3, -0.25) is 0 Å². The summed E-state index contributed by atoms with van der Waals surface area (Å²) in [4.78, 5) is 13.3. The van der Waals surface area contributed by atoms with Crippen LogP contribution in [-0.4, -0.2) is 45.8 Å². The quantitative estimate of drug-likeness (QED) is 0.723. The molecule has 1 aliphatic rings. The zero-order valence-electron chi connectivity index (χ0n) is 12.9. The maximum atomic E-state index is 6.10. The van der Waals surface area contributed by atoms with Gasteiger partial charge in [0.25, 0.3) is 5.78 Å². The molecular formula is C16H17ClN6. The van der Waals surface area contributed by atoms with Gasteiger partial charge in [-0.25, -0.2) is 4.98 Å². The van der Waals surface area contributed by atoms with Crippen LogP contribution in [0.2, 0.25) is 5.02 Å². The number of aromatic nitrogens is 4. The Bertz CT molecular complexity index is 837. The molecule has 0 unspecified atom stereocenters. The fourth-order valence-electron chi connectivity index (χ4n) is 3.00. The van der Waals surface area contributed by atoms with Crippen LogP contribution in [0, 0.1) is 6.92 Å². The van der Waals surface area contributed by atoms with E-state index in [1.165, 1.54) is 5.69 Å². The molecule has 4 rings (SSSR count). The van der Waals surface area contributed by atoms with E-state index >= 15 is 0 Å². The van der Waals surface area contributed by atoms with Crippen LogP contribution < -0.4 is 9.80 Å². The van der Waals surface area contributed by atoms with Gasteiger partial charge in [-0.2, -0.15) is 14.6 Å². The summed E-state index contributed by atoms with van der Waals surface area (Å²) in [6, 6.07) is 10.1. The van der Waals surface area contributed by atoms with E-state index in [-0.39, 0.29) is 0 Å². The summed E-state index contributed by atoms with van der Waals surface area (Å²) in [6.45, 7) is 5.71. The minimum atomic E-state index is 0.650. The summed E-state index contributed by atoms with van der Waals surface area (Å²) in [6.07, 6.45) is 1.55. The van der Waals surface area contributed by atoms with Crippen molar-refractivity contribution in [2.24, 2.45) is 0 Å². The first-order chi connectivity index (χ1) is 11.2. The molecule has 3 heterocycles. The molecule has 0 atom stereocenters. The van der Waals surface area contributed by atoms with Crippen LogP contribution in [0.1, 0.15) is 5.69 Å². The average Bonchev–Trinajstić information content (AvgIpc) is 3.02. The summed E-state index contributed by atoms with van der Waals surface area (Å²) >= 11 is 6.10. The monoisotopic (exact) mass is 328 g/mol. The van der Waals surface area contributed by atoms with Gasteiger partial charge in [-0.15, -0.1) is 0 Å². The van der Waals surface area contributed by atoms with Crippen molar-refractivity contribution in [1.29, 1.82) is 0 Å². The van der Waals surface area contributed by atoms with E-state index in [2.05, 4.69) is 37.0 Å². The molecule has 0 aliphatic carbocycles. The van der Waals surface area contributed by atoms with Crippen molar-refractivity contribution in [1.82, 2.24) is 19.6 Å². The standard InChI is InChI=1S/C16H17ClN6/c1-12-9-15(23-16(20-12)18-11-19-23)22-7-5-21(6-8-22)14-4-2-3-13(17)10-14/h2-4,9-11H,5-8H2,1H3. The van der Waals surface area contributed by atoms with Crippen molar-refractivity contribution < 1.29 is 0 Å². The molecule has 1 saturated heterocycles. The first-order valence-corrected chi connectivity index (χ1v) is 8.01. The summed E-state index contributed by atoms with van der Waals surface area (Å²) in [5.74, 6) is 1.70. The Morgan fingerprint density at radius 1 is 1.04 bits per heavy atom. The van der Waals surface area contributed by atoms with E-state index in [0.29, 0.717) is 5.78 Å². The normalized spacial score (nSPS) is 15.4. The second-order valence-electron chi connectivity index (χ2n) is 5.68. The van der Waals surface area contributed by atoms with Gasteiger partial charge in [0.15, 0.2) is 0 Å². The van der Waals surface area contributed by atoms with E-state index < -0.39 is 0 Å². The van der Waals surface area contributed by atoms with Crippen molar-refractivity contribution in [3.05, 3.63) is 47.4 Å². The molecule has 0 bridgehead atoms. The van der Waals surface area contributed by atoms with Gasteiger partial charge in [-0.1, -0.05) is 17.7 Å². The molecule has 118 valence electrons. The van der Waals surface area contributed by atoms with E-state index in [4.69, 9.17) is 11.6 Å². The summed E-state index contributed by atoms with van der Waals surface area (Å²) in [5.41, 5.74) is 2.13. The second kappa shape index (κ2) is 5.70. The topological polar surface area (TPSA) is 49.6 Å². The number of aryl methyl sites for hydroxylation is 1. The number of nitrogens with zero attached hydrogens (tertiary/aromatic N) is 6. The maximum Gasteiger partial charge on any atom is 0.254 e. The Morgan fingerprint density at radius 3 is 2.61 bits per heavy atom. The van der Waals surface area contributed by atoms with Gasteiger partial charge in [0, 0.05) is 48.6 Å². The molecule has 0 saturated carbocycles. The highest BCUT2D eigenvalue weighted by Crippen LogP contribution is 2.23. The van der Waals surface area contributed by atoms with Crippen LogP contribution in [0.3, 0.4) is 0 Å². The molecule has 3 aromatic rings. The van der Waals surface area contributed by atoms with Crippen LogP contribution in [0.15, 0.2) is 36.7 Å². The molecule has 0 N–H and O–H groups in total. The summed E-state index contributed by atoms with van der Waals surface area (Å²) < 4.78 is 1.81. The van der Waals surface area contributed by atoms with Crippen molar-refractivity contribution in [2.75, 3.05) is 36.0 Å². The van der Waals surface area contributed by atoms with Crippen LogP contribution in [0.4, 0.5) is 11.5 Å². The van der Waals surface area contributed by atoms with E-state index in [9.17, 15) is 0 Å². The summed E-state index contributed by atoms with van der Waals surface area (Å²) in [5, 5.41) is 5.07. The average molecular weight is 329 g/mol. The predicted octanol–water partition coefficient (Wildman–Crippen LogP) is 2.41. The van der Waals surface area contributed by atoms with E-state index in [0.717, 1.165) is 42.7 Å². The minimum Gasteiger partial charge on any atom is -0.368 e. The number of halogens is 1. The Kier molecular flexibility index (Phi) is 3.53. The highest BCUT2D eigenvalue weighted by Gasteiger charge is 2.20. The van der Waals surface area contributed by atoms with Crippen LogP contribution >= 0.6 is 11.6 Å². The lowest BCUT2D eigenvalue weighted by Crippen LogP contribution is -2.47. The third-order valence-corrected chi connectivity index (χ3v) is 4.37. The maximum absolute atomic E-state index is 6.10. The first-order valence-electron chi connectivity index (χ1n) is 7.63. The molecule has 1 fully saturated rings. The molecule has 0 spiro atoms. The summed E-state index contributed by atoms with van der Waals surface area (Å²) in [7, 11) is 0. The number of benzene rings is 1. The zero-order chi connectivity index (χ0) is 15.8. The van der Waals surface area contributed by atoms with Crippen molar-refractivity contribution in [3.63, 3.8) is 0 Å². The predicted molar refractivity (Wildman–Crippen MR) is 91.4 cm³/mol. The lowest BCUT2D eigenvalue weighted by molar-refractivity contribution is 0.638. The smallest absolute Gasteiger partial charge is 0.254 e. The molecule has 23 heavy (non-hydrogen) atoms. The van der Waals surface area contributed by atoms with Crippen molar-refractivity contribution in [3.8, 4) is 0 Å². The Balaban J connectivity index is 1.56. The molecule has 0 radical (unpaired) electrons. The Hall–Kier alpha value is -2.34. The first kappa shape index (κ1) is 14.3. The number of anilines is 2.